The number of thioether (sulfide) groups is 1. The summed E-state index contributed by atoms with van der Waals surface area (Å²) in [6, 6.07) is 16.8. The Labute approximate surface area is 176 Å². The maximum Gasteiger partial charge on any atom is 0.233 e. The van der Waals surface area contributed by atoms with Crippen LogP contribution in [0, 0.1) is 13.8 Å². The number of nitrogens with zero attached hydrogens (tertiary/aromatic N) is 4. The monoisotopic (exact) mass is 406 g/mol. The third-order valence-corrected chi connectivity index (χ3v) is 6.59. The lowest BCUT2D eigenvalue weighted by Crippen LogP contribution is -2.34. The largest absolute Gasteiger partial charge is 0.338 e. The van der Waals surface area contributed by atoms with Crippen LogP contribution in [0.3, 0.4) is 0 Å². The summed E-state index contributed by atoms with van der Waals surface area (Å²) in [5.41, 5.74) is 4.86. The summed E-state index contributed by atoms with van der Waals surface area (Å²) in [5, 5.41) is 9.31. The maximum absolute atomic E-state index is 13.0. The van der Waals surface area contributed by atoms with E-state index < -0.39 is 0 Å². The third kappa shape index (κ3) is 3.94. The second kappa shape index (κ2) is 8.41. The molecule has 0 N–H and O–H groups in total. The van der Waals surface area contributed by atoms with Crippen molar-refractivity contribution in [3.63, 3.8) is 0 Å². The van der Waals surface area contributed by atoms with Crippen molar-refractivity contribution in [2.24, 2.45) is 0 Å². The number of benzene rings is 2. The first kappa shape index (κ1) is 19.7. The number of carbonyl (C=O) groups excluding carboxylic acids is 1. The highest BCUT2D eigenvalue weighted by Crippen LogP contribution is 2.34. The Hall–Kier alpha value is -2.60. The number of fused-ring (bicyclic) bond motifs is 1. The van der Waals surface area contributed by atoms with Crippen molar-refractivity contribution >= 4 is 17.7 Å². The standard InChI is InChI=1S/C23H26N4OS/c1-16-9-4-7-13-20(16)27-17(2)24-25-23(27)29-15-22(28)26(3)21-14-8-11-18-10-5-6-12-19(18)21/h4-7,9-10,12-13,21H,8,11,14-15H2,1-3H3/t21-/m1/s1. The van der Waals surface area contributed by atoms with Gasteiger partial charge in [0.05, 0.1) is 17.5 Å². The molecule has 6 heteroatoms. The molecule has 150 valence electrons. The average Bonchev–Trinajstić information content (AvgIpc) is 3.11. The molecule has 0 radical (unpaired) electrons. The number of hydrogen-bond acceptors (Lipinski definition) is 4. The predicted molar refractivity (Wildman–Crippen MR) is 116 cm³/mol. The molecule has 3 aromatic rings. The Bertz CT molecular complexity index is 1030. The first-order valence-electron chi connectivity index (χ1n) is 10.0. The van der Waals surface area contributed by atoms with Gasteiger partial charge < -0.3 is 4.90 Å². The van der Waals surface area contributed by atoms with Crippen molar-refractivity contribution in [3.05, 3.63) is 71.0 Å². The van der Waals surface area contributed by atoms with Gasteiger partial charge in [0.25, 0.3) is 0 Å². The SMILES string of the molecule is Cc1ccccc1-n1c(C)nnc1SCC(=O)N(C)[C@@H]1CCCc2ccccc21. The third-order valence-electron chi connectivity index (χ3n) is 5.67. The number of para-hydroxylation sites is 1. The zero-order valence-electron chi connectivity index (χ0n) is 17.1. The lowest BCUT2D eigenvalue weighted by atomic mass is 9.87. The van der Waals surface area contributed by atoms with Crippen LogP contribution in [0.25, 0.3) is 5.69 Å². The van der Waals surface area contributed by atoms with E-state index in [1.54, 1.807) is 0 Å². The molecule has 1 aromatic heterocycles. The molecule has 0 bridgehead atoms. The van der Waals surface area contributed by atoms with E-state index in [-0.39, 0.29) is 11.9 Å². The van der Waals surface area contributed by atoms with Crippen molar-refractivity contribution in [2.45, 2.75) is 44.3 Å². The van der Waals surface area contributed by atoms with E-state index in [2.05, 4.69) is 53.5 Å². The van der Waals surface area contributed by atoms with Gasteiger partial charge in [-0.3, -0.25) is 9.36 Å². The number of aryl methyl sites for hydroxylation is 3. The molecule has 5 nitrogen and oxygen atoms in total. The zero-order valence-corrected chi connectivity index (χ0v) is 17.9. The molecule has 0 spiro atoms. The second-order valence-corrected chi connectivity index (χ2v) is 8.49. The molecule has 29 heavy (non-hydrogen) atoms. The van der Waals surface area contributed by atoms with Gasteiger partial charge in [-0.15, -0.1) is 10.2 Å². The van der Waals surface area contributed by atoms with Gasteiger partial charge in [0.1, 0.15) is 5.82 Å². The van der Waals surface area contributed by atoms with E-state index in [1.165, 1.54) is 22.9 Å². The van der Waals surface area contributed by atoms with Crippen LogP contribution in [0.15, 0.2) is 53.7 Å². The van der Waals surface area contributed by atoms with Crippen molar-refractivity contribution in [1.82, 2.24) is 19.7 Å². The summed E-state index contributed by atoms with van der Waals surface area (Å²) in [5.74, 6) is 1.29. The van der Waals surface area contributed by atoms with Gasteiger partial charge in [0.15, 0.2) is 5.16 Å². The average molecular weight is 407 g/mol. The maximum atomic E-state index is 13.0. The van der Waals surface area contributed by atoms with Crippen LogP contribution in [-0.2, 0) is 11.2 Å². The molecule has 0 aliphatic heterocycles. The zero-order chi connectivity index (χ0) is 20.4. The number of rotatable bonds is 5. The lowest BCUT2D eigenvalue weighted by molar-refractivity contribution is -0.129. The summed E-state index contributed by atoms with van der Waals surface area (Å²) in [4.78, 5) is 14.9. The van der Waals surface area contributed by atoms with Crippen molar-refractivity contribution in [3.8, 4) is 5.69 Å². The molecule has 0 saturated heterocycles. The highest BCUT2D eigenvalue weighted by molar-refractivity contribution is 7.99. The first-order chi connectivity index (χ1) is 14.1. The fourth-order valence-corrected chi connectivity index (χ4v) is 4.97. The molecule has 0 fully saturated rings. The Morgan fingerprint density at radius 2 is 1.90 bits per heavy atom. The topological polar surface area (TPSA) is 51.0 Å². The van der Waals surface area contributed by atoms with Crippen LogP contribution in [0.1, 0.15) is 41.4 Å². The van der Waals surface area contributed by atoms with Crippen molar-refractivity contribution in [2.75, 3.05) is 12.8 Å². The van der Waals surface area contributed by atoms with E-state index in [0.717, 1.165) is 41.5 Å². The Morgan fingerprint density at radius 3 is 2.72 bits per heavy atom. The van der Waals surface area contributed by atoms with E-state index in [9.17, 15) is 4.79 Å². The van der Waals surface area contributed by atoms with E-state index in [4.69, 9.17) is 0 Å². The van der Waals surface area contributed by atoms with Crippen LogP contribution < -0.4 is 0 Å². The van der Waals surface area contributed by atoms with Gasteiger partial charge in [-0.2, -0.15) is 0 Å². The number of aromatic nitrogens is 3. The molecule has 0 unspecified atom stereocenters. The smallest absolute Gasteiger partial charge is 0.233 e. The van der Waals surface area contributed by atoms with Gasteiger partial charge in [-0.05, 0) is 55.9 Å². The second-order valence-electron chi connectivity index (χ2n) is 7.55. The van der Waals surface area contributed by atoms with Gasteiger partial charge >= 0.3 is 0 Å². The summed E-state index contributed by atoms with van der Waals surface area (Å²) < 4.78 is 2.03. The van der Waals surface area contributed by atoms with Crippen LogP contribution >= 0.6 is 11.8 Å². The highest BCUT2D eigenvalue weighted by atomic mass is 32.2. The van der Waals surface area contributed by atoms with Crippen molar-refractivity contribution in [1.29, 1.82) is 0 Å². The van der Waals surface area contributed by atoms with E-state index in [1.807, 2.05) is 35.6 Å². The highest BCUT2D eigenvalue weighted by Gasteiger charge is 2.27. The quantitative estimate of drug-likeness (QED) is 0.585. The summed E-state index contributed by atoms with van der Waals surface area (Å²) >= 11 is 1.45. The number of amides is 1. The molecule has 1 heterocycles. The molecule has 1 atom stereocenters. The van der Waals surface area contributed by atoms with E-state index >= 15 is 0 Å². The minimum atomic E-state index is 0.119. The molecule has 4 rings (SSSR count). The van der Waals surface area contributed by atoms with Gasteiger partial charge in [0, 0.05) is 7.05 Å². The van der Waals surface area contributed by atoms with Gasteiger partial charge in [-0.1, -0.05) is 54.2 Å². The summed E-state index contributed by atoms with van der Waals surface area (Å²) in [6.45, 7) is 4.01. The number of carbonyl (C=O) groups is 1. The lowest BCUT2D eigenvalue weighted by Gasteiger charge is -2.33. The minimum Gasteiger partial charge on any atom is -0.338 e. The Balaban J connectivity index is 1.50. The molecule has 1 aliphatic carbocycles. The molecule has 0 saturated carbocycles. The van der Waals surface area contributed by atoms with Crippen molar-refractivity contribution < 1.29 is 4.79 Å². The predicted octanol–water partition coefficient (Wildman–Crippen LogP) is 4.51. The summed E-state index contributed by atoms with van der Waals surface area (Å²) in [7, 11) is 1.92. The molecule has 2 aromatic carbocycles. The van der Waals surface area contributed by atoms with Crippen LogP contribution in [0.4, 0.5) is 0 Å². The molecule has 1 aliphatic rings. The fraction of sp³-hybridized carbons (Fsp3) is 0.348. The number of hydrogen-bond donors (Lipinski definition) is 0. The normalized spacial score (nSPS) is 15.8. The van der Waals surface area contributed by atoms with Crippen LogP contribution in [0.2, 0.25) is 0 Å². The first-order valence-corrected chi connectivity index (χ1v) is 11.0. The van der Waals surface area contributed by atoms with Crippen LogP contribution in [-0.4, -0.2) is 38.4 Å². The van der Waals surface area contributed by atoms with Gasteiger partial charge in [-0.25, -0.2) is 0 Å². The van der Waals surface area contributed by atoms with Gasteiger partial charge in [0.2, 0.25) is 5.91 Å². The minimum absolute atomic E-state index is 0.119. The van der Waals surface area contributed by atoms with Crippen LogP contribution in [0.5, 0.6) is 0 Å². The Morgan fingerprint density at radius 1 is 1.14 bits per heavy atom. The molecular weight excluding hydrogens is 380 g/mol. The Kier molecular flexibility index (Phi) is 5.72. The molecular formula is C23H26N4OS. The molecule has 1 amide bonds. The summed E-state index contributed by atoms with van der Waals surface area (Å²) in [6.07, 6.45) is 3.23. The van der Waals surface area contributed by atoms with E-state index in [0.29, 0.717) is 5.75 Å². The fourth-order valence-electron chi connectivity index (χ4n) is 4.06.